The highest BCUT2D eigenvalue weighted by Crippen LogP contribution is 2.22. The van der Waals surface area contributed by atoms with Crippen LogP contribution in [-0.2, 0) is 6.54 Å². The van der Waals surface area contributed by atoms with E-state index in [4.69, 9.17) is 9.72 Å². The topological polar surface area (TPSA) is 67.3 Å². The van der Waals surface area contributed by atoms with Gasteiger partial charge in [-0.25, -0.2) is 0 Å². The zero-order valence-electron chi connectivity index (χ0n) is 18.6. The van der Waals surface area contributed by atoms with Gasteiger partial charge in [0, 0.05) is 29.4 Å². The lowest BCUT2D eigenvalue weighted by Gasteiger charge is -2.14. The summed E-state index contributed by atoms with van der Waals surface area (Å²) in [5, 5.41) is 3.97. The maximum atomic E-state index is 12.7. The van der Waals surface area contributed by atoms with E-state index in [1.54, 1.807) is 19.4 Å². The number of fused-ring (bicyclic) bond motifs is 1. The molecule has 0 aliphatic carbocycles. The number of rotatable bonds is 6. The van der Waals surface area contributed by atoms with Crippen LogP contribution in [0, 0.1) is 0 Å². The molecule has 6 nitrogen and oxygen atoms in total. The van der Waals surface area contributed by atoms with Crippen molar-refractivity contribution < 1.29 is 9.53 Å². The largest absolute Gasteiger partial charge is 0.497 e. The third-order valence-electron chi connectivity index (χ3n) is 6.00. The number of ether oxygens (including phenoxy) is 1. The minimum Gasteiger partial charge on any atom is -0.497 e. The molecule has 1 fully saturated rings. The standard InChI is InChI=1S/C27H26N4O2/c1-33-24-10-5-19(6-11-24)25-12-7-21(17-28-25)27(32)30-22-9-13-26-20(16-22)4-8-23(29-26)18-31-14-2-3-15-31/h4-13,16-17H,2-3,14-15,18H2,1H3,(H,30,32). The van der Waals surface area contributed by atoms with Crippen LogP contribution >= 0.6 is 0 Å². The number of benzene rings is 2. The molecule has 33 heavy (non-hydrogen) atoms. The highest BCUT2D eigenvalue weighted by molar-refractivity contribution is 6.05. The Morgan fingerprint density at radius 1 is 1.00 bits per heavy atom. The van der Waals surface area contributed by atoms with Crippen LogP contribution in [0.1, 0.15) is 28.9 Å². The van der Waals surface area contributed by atoms with Gasteiger partial charge in [0.25, 0.3) is 5.91 Å². The molecule has 0 atom stereocenters. The molecule has 2 aromatic carbocycles. The van der Waals surface area contributed by atoms with Crippen LogP contribution in [0.2, 0.25) is 0 Å². The van der Waals surface area contributed by atoms with Crippen molar-refractivity contribution in [3.63, 3.8) is 0 Å². The number of carbonyl (C=O) groups excluding carboxylic acids is 1. The first-order chi connectivity index (χ1) is 16.2. The summed E-state index contributed by atoms with van der Waals surface area (Å²) in [6.07, 6.45) is 4.15. The number of methoxy groups -OCH3 is 1. The zero-order chi connectivity index (χ0) is 22.6. The molecule has 0 spiro atoms. The van der Waals surface area contributed by atoms with Crippen molar-refractivity contribution in [2.45, 2.75) is 19.4 Å². The van der Waals surface area contributed by atoms with Crippen LogP contribution in [0.5, 0.6) is 5.75 Å². The maximum Gasteiger partial charge on any atom is 0.257 e. The van der Waals surface area contributed by atoms with Gasteiger partial charge in [-0.1, -0.05) is 6.07 Å². The molecular weight excluding hydrogens is 412 g/mol. The Morgan fingerprint density at radius 3 is 2.55 bits per heavy atom. The summed E-state index contributed by atoms with van der Waals surface area (Å²) in [7, 11) is 1.64. The van der Waals surface area contributed by atoms with Crippen LogP contribution in [-0.4, -0.2) is 41.0 Å². The molecule has 6 heteroatoms. The van der Waals surface area contributed by atoms with Crippen molar-refractivity contribution in [3.8, 4) is 17.0 Å². The monoisotopic (exact) mass is 438 g/mol. The van der Waals surface area contributed by atoms with Crippen LogP contribution in [0.15, 0.2) is 72.9 Å². The average molecular weight is 439 g/mol. The quantitative estimate of drug-likeness (QED) is 0.451. The van der Waals surface area contributed by atoms with Gasteiger partial charge in [0.2, 0.25) is 0 Å². The number of amides is 1. The normalized spacial score (nSPS) is 13.8. The zero-order valence-corrected chi connectivity index (χ0v) is 18.6. The molecule has 5 rings (SSSR count). The molecule has 2 aromatic heterocycles. The lowest BCUT2D eigenvalue weighted by atomic mass is 10.1. The van der Waals surface area contributed by atoms with E-state index in [2.05, 4.69) is 27.3 Å². The van der Waals surface area contributed by atoms with Crippen LogP contribution in [0.4, 0.5) is 5.69 Å². The molecule has 0 saturated carbocycles. The smallest absolute Gasteiger partial charge is 0.257 e. The number of aromatic nitrogens is 2. The fourth-order valence-electron chi connectivity index (χ4n) is 4.17. The summed E-state index contributed by atoms with van der Waals surface area (Å²) in [5.41, 5.74) is 5.04. The molecular formula is C27H26N4O2. The molecule has 1 amide bonds. The summed E-state index contributed by atoms with van der Waals surface area (Å²) in [6, 6.07) is 21.3. The number of nitrogens with zero attached hydrogens (tertiary/aromatic N) is 3. The van der Waals surface area contributed by atoms with Gasteiger partial charge in [-0.2, -0.15) is 0 Å². The average Bonchev–Trinajstić information content (AvgIpc) is 3.37. The fourth-order valence-corrected chi connectivity index (χ4v) is 4.17. The van der Waals surface area contributed by atoms with Gasteiger partial charge in [-0.05, 0) is 86.6 Å². The SMILES string of the molecule is COc1ccc(-c2ccc(C(=O)Nc3ccc4nc(CN5CCCC5)ccc4c3)cn2)cc1. The molecule has 1 N–H and O–H groups in total. The summed E-state index contributed by atoms with van der Waals surface area (Å²) >= 11 is 0. The van der Waals surface area contributed by atoms with Gasteiger partial charge in [0.15, 0.2) is 0 Å². The van der Waals surface area contributed by atoms with Crippen molar-refractivity contribution in [1.82, 2.24) is 14.9 Å². The van der Waals surface area contributed by atoms with Crippen molar-refractivity contribution in [3.05, 3.63) is 84.2 Å². The molecule has 1 aliphatic heterocycles. The van der Waals surface area contributed by atoms with E-state index in [1.807, 2.05) is 48.5 Å². The predicted molar refractivity (Wildman–Crippen MR) is 130 cm³/mol. The van der Waals surface area contributed by atoms with Gasteiger partial charge in [0.1, 0.15) is 5.75 Å². The Morgan fingerprint density at radius 2 is 1.82 bits per heavy atom. The van der Waals surface area contributed by atoms with Crippen molar-refractivity contribution in [2.75, 3.05) is 25.5 Å². The van der Waals surface area contributed by atoms with E-state index >= 15 is 0 Å². The molecule has 1 saturated heterocycles. The van der Waals surface area contributed by atoms with Gasteiger partial charge in [-0.3, -0.25) is 19.7 Å². The van der Waals surface area contributed by atoms with Crippen molar-refractivity contribution >= 4 is 22.5 Å². The summed E-state index contributed by atoms with van der Waals surface area (Å²) in [6.45, 7) is 3.20. The number of hydrogen-bond donors (Lipinski definition) is 1. The summed E-state index contributed by atoms with van der Waals surface area (Å²) < 4.78 is 5.19. The molecule has 0 radical (unpaired) electrons. The Bertz CT molecular complexity index is 1260. The van der Waals surface area contributed by atoms with E-state index in [0.717, 1.165) is 58.9 Å². The first kappa shape index (κ1) is 21.1. The number of carbonyl (C=O) groups is 1. The Labute approximate surface area is 193 Å². The number of likely N-dealkylation sites (tertiary alicyclic amines) is 1. The Kier molecular flexibility index (Phi) is 6.00. The maximum absolute atomic E-state index is 12.7. The first-order valence-corrected chi connectivity index (χ1v) is 11.2. The highest BCUT2D eigenvalue weighted by atomic mass is 16.5. The van der Waals surface area contributed by atoms with E-state index in [-0.39, 0.29) is 5.91 Å². The van der Waals surface area contributed by atoms with Crippen molar-refractivity contribution in [1.29, 1.82) is 0 Å². The van der Waals surface area contributed by atoms with Gasteiger partial charge in [0.05, 0.1) is 29.6 Å². The summed E-state index contributed by atoms with van der Waals surface area (Å²) in [4.78, 5) is 24.4. The minimum atomic E-state index is -0.193. The number of hydrogen-bond acceptors (Lipinski definition) is 5. The molecule has 1 aliphatic rings. The molecule has 4 aromatic rings. The predicted octanol–water partition coefficient (Wildman–Crippen LogP) is 5.15. The van der Waals surface area contributed by atoms with E-state index in [0.29, 0.717) is 5.56 Å². The van der Waals surface area contributed by atoms with Crippen LogP contribution < -0.4 is 10.1 Å². The van der Waals surface area contributed by atoms with Crippen LogP contribution in [0.3, 0.4) is 0 Å². The summed E-state index contributed by atoms with van der Waals surface area (Å²) in [5.74, 6) is 0.602. The van der Waals surface area contributed by atoms with E-state index in [9.17, 15) is 4.79 Å². The second kappa shape index (κ2) is 9.38. The van der Waals surface area contributed by atoms with E-state index in [1.165, 1.54) is 12.8 Å². The fraction of sp³-hybridized carbons (Fsp3) is 0.222. The third-order valence-corrected chi connectivity index (χ3v) is 6.00. The first-order valence-electron chi connectivity index (χ1n) is 11.2. The molecule has 0 unspecified atom stereocenters. The van der Waals surface area contributed by atoms with Crippen LogP contribution in [0.25, 0.3) is 22.2 Å². The lowest BCUT2D eigenvalue weighted by Crippen LogP contribution is -2.19. The van der Waals surface area contributed by atoms with Gasteiger partial charge < -0.3 is 10.1 Å². The lowest BCUT2D eigenvalue weighted by molar-refractivity contribution is 0.102. The third kappa shape index (κ3) is 4.86. The van der Waals surface area contributed by atoms with E-state index < -0.39 is 0 Å². The highest BCUT2D eigenvalue weighted by Gasteiger charge is 2.13. The Balaban J connectivity index is 1.26. The Hall–Kier alpha value is -3.77. The number of pyridine rings is 2. The molecule has 0 bridgehead atoms. The second-order valence-electron chi connectivity index (χ2n) is 8.31. The van der Waals surface area contributed by atoms with Crippen molar-refractivity contribution in [2.24, 2.45) is 0 Å². The van der Waals surface area contributed by atoms with Gasteiger partial charge in [-0.15, -0.1) is 0 Å². The molecule has 166 valence electrons. The number of nitrogens with one attached hydrogen (secondary N) is 1. The van der Waals surface area contributed by atoms with Gasteiger partial charge >= 0.3 is 0 Å². The minimum absolute atomic E-state index is 0.193. The second-order valence-corrected chi connectivity index (χ2v) is 8.31. The molecule has 3 heterocycles. The number of anilines is 1.